The number of benzene rings is 1. The van der Waals surface area contributed by atoms with E-state index in [1.54, 1.807) is 43.5 Å². The minimum atomic E-state index is -0.377. The molecule has 0 spiro atoms. The number of ether oxygens (including phenoxy) is 2. The van der Waals surface area contributed by atoms with Crippen LogP contribution in [0.5, 0.6) is 17.4 Å². The molecule has 196 valence electrons. The molecule has 1 atom stereocenters. The van der Waals surface area contributed by atoms with Gasteiger partial charge in [-0.25, -0.2) is 4.98 Å². The van der Waals surface area contributed by atoms with Crippen LogP contribution in [-0.4, -0.2) is 21.9 Å². The molecule has 0 aliphatic carbocycles. The topological polar surface area (TPSA) is 61.3 Å². The Morgan fingerprint density at radius 2 is 1.47 bits per heavy atom. The second-order valence-electron chi connectivity index (χ2n) is 7.96. The Hall–Kier alpha value is -3.47. The van der Waals surface area contributed by atoms with Crippen LogP contribution in [0.3, 0.4) is 0 Å². The molecule has 0 saturated heterocycles. The minimum Gasteiger partial charge on any atom is -0.483 e. The Morgan fingerprint density at radius 1 is 0.889 bits per heavy atom. The van der Waals surface area contributed by atoms with Crippen molar-refractivity contribution in [2.75, 3.05) is 0 Å². The third-order valence-corrected chi connectivity index (χ3v) is 4.84. The van der Waals surface area contributed by atoms with E-state index in [-0.39, 0.29) is 11.9 Å². The molecule has 0 radical (unpaired) electrons. The highest BCUT2D eigenvalue weighted by molar-refractivity contribution is 5.80. The molecule has 0 aliphatic rings. The lowest BCUT2D eigenvalue weighted by molar-refractivity contribution is -0.123. The molecular weight excluding hydrogens is 448 g/mol. The van der Waals surface area contributed by atoms with Crippen molar-refractivity contribution in [1.29, 1.82) is 0 Å². The van der Waals surface area contributed by atoms with Crippen LogP contribution < -0.4 is 9.47 Å². The predicted octanol–water partition coefficient (Wildman–Crippen LogP) is 8.71. The highest BCUT2D eigenvalue weighted by Crippen LogP contribution is 2.23. The molecule has 0 saturated carbocycles. The second-order valence-corrected chi connectivity index (χ2v) is 7.96. The fourth-order valence-corrected chi connectivity index (χ4v) is 2.45. The van der Waals surface area contributed by atoms with E-state index in [1.165, 1.54) is 11.1 Å². The van der Waals surface area contributed by atoms with E-state index in [0.29, 0.717) is 17.4 Å². The number of allylic oxidation sites excluding steroid dienone is 1. The van der Waals surface area contributed by atoms with Crippen LogP contribution in [0.2, 0.25) is 0 Å². The van der Waals surface area contributed by atoms with Crippen LogP contribution in [0.1, 0.15) is 72.1 Å². The quantitative estimate of drug-likeness (QED) is 0.294. The Labute approximate surface area is 218 Å². The lowest BCUT2D eigenvalue weighted by Crippen LogP contribution is -2.24. The number of hydrogen-bond acceptors (Lipinski definition) is 5. The van der Waals surface area contributed by atoms with Gasteiger partial charge >= 0.3 is 0 Å². The predicted molar refractivity (Wildman–Crippen MR) is 151 cm³/mol. The molecule has 1 aromatic carbocycles. The van der Waals surface area contributed by atoms with Gasteiger partial charge in [0.15, 0.2) is 11.9 Å². The first-order chi connectivity index (χ1) is 17.3. The molecule has 0 bridgehead atoms. The SMILES string of the molecule is C=C(C)CC.CC.CCCC(Oc1ccc(Oc2ccccn2)cc1)C(C)=O.Cc1cccnc1C. The number of hydrogen-bond donors (Lipinski definition) is 0. The van der Waals surface area contributed by atoms with Crippen molar-refractivity contribution in [2.45, 2.75) is 80.8 Å². The van der Waals surface area contributed by atoms with Crippen molar-refractivity contribution in [1.82, 2.24) is 9.97 Å². The van der Waals surface area contributed by atoms with Crippen molar-refractivity contribution in [3.63, 3.8) is 0 Å². The third kappa shape index (κ3) is 14.7. The number of nitrogens with zero attached hydrogens (tertiary/aromatic N) is 2. The number of pyridine rings is 2. The number of carbonyl (C=O) groups excluding carboxylic acids is 1. The Morgan fingerprint density at radius 3 is 1.89 bits per heavy atom. The molecule has 3 aromatic rings. The van der Waals surface area contributed by atoms with Gasteiger partial charge in [-0.3, -0.25) is 9.78 Å². The van der Waals surface area contributed by atoms with Gasteiger partial charge in [0.25, 0.3) is 0 Å². The van der Waals surface area contributed by atoms with Crippen LogP contribution in [0, 0.1) is 13.8 Å². The first kappa shape index (κ1) is 32.5. The van der Waals surface area contributed by atoms with Crippen molar-refractivity contribution in [3.05, 3.63) is 90.4 Å². The van der Waals surface area contributed by atoms with Gasteiger partial charge < -0.3 is 9.47 Å². The number of carbonyl (C=O) groups is 1. The first-order valence-corrected chi connectivity index (χ1v) is 12.6. The highest BCUT2D eigenvalue weighted by Gasteiger charge is 2.14. The zero-order chi connectivity index (χ0) is 27.3. The molecule has 5 nitrogen and oxygen atoms in total. The molecule has 0 amide bonds. The molecule has 1 unspecified atom stereocenters. The van der Waals surface area contributed by atoms with Crippen LogP contribution in [0.4, 0.5) is 0 Å². The molecule has 36 heavy (non-hydrogen) atoms. The molecule has 0 fully saturated rings. The van der Waals surface area contributed by atoms with E-state index < -0.39 is 0 Å². The summed E-state index contributed by atoms with van der Waals surface area (Å²) in [7, 11) is 0. The van der Waals surface area contributed by atoms with E-state index in [9.17, 15) is 4.79 Å². The average molecular weight is 493 g/mol. The maximum absolute atomic E-state index is 11.5. The number of rotatable bonds is 8. The Balaban J connectivity index is 0.000000669. The molecule has 2 heterocycles. The molecular formula is C31H44N2O3. The van der Waals surface area contributed by atoms with E-state index in [0.717, 1.165) is 25.0 Å². The van der Waals surface area contributed by atoms with E-state index in [4.69, 9.17) is 9.47 Å². The van der Waals surface area contributed by atoms with Crippen molar-refractivity contribution in [2.24, 2.45) is 0 Å². The van der Waals surface area contributed by atoms with Crippen molar-refractivity contribution < 1.29 is 14.3 Å². The lowest BCUT2D eigenvalue weighted by Gasteiger charge is -2.15. The number of Topliss-reactive ketones (excluding diaryl/α,β-unsaturated/α-hetero) is 1. The number of ketones is 1. The molecule has 0 N–H and O–H groups in total. The fraction of sp³-hybridized carbons (Fsp3) is 0.387. The summed E-state index contributed by atoms with van der Waals surface area (Å²) in [6.45, 7) is 19.5. The molecule has 3 rings (SSSR count). The number of aryl methyl sites for hydroxylation is 2. The van der Waals surface area contributed by atoms with Gasteiger partial charge in [0.1, 0.15) is 11.5 Å². The molecule has 5 heteroatoms. The first-order valence-electron chi connectivity index (χ1n) is 12.6. The van der Waals surface area contributed by atoms with E-state index in [1.807, 2.05) is 59.0 Å². The summed E-state index contributed by atoms with van der Waals surface area (Å²) in [5.41, 5.74) is 3.63. The summed E-state index contributed by atoms with van der Waals surface area (Å²) in [6, 6.07) is 16.7. The van der Waals surface area contributed by atoms with Gasteiger partial charge in [0.05, 0.1) is 0 Å². The van der Waals surface area contributed by atoms with Gasteiger partial charge in [-0.2, -0.15) is 0 Å². The summed E-state index contributed by atoms with van der Waals surface area (Å²) >= 11 is 0. The molecule has 2 aromatic heterocycles. The van der Waals surface area contributed by atoms with E-state index in [2.05, 4.69) is 36.5 Å². The maximum atomic E-state index is 11.5. The van der Waals surface area contributed by atoms with Gasteiger partial charge in [-0.15, -0.1) is 6.58 Å². The largest absolute Gasteiger partial charge is 0.483 e. The van der Waals surface area contributed by atoms with Crippen LogP contribution in [0.15, 0.2) is 79.1 Å². The summed E-state index contributed by atoms with van der Waals surface area (Å²) in [5.74, 6) is 1.93. The Kier molecular flexibility index (Phi) is 17.9. The van der Waals surface area contributed by atoms with Crippen LogP contribution >= 0.6 is 0 Å². The summed E-state index contributed by atoms with van der Waals surface area (Å²) < 4.78 is 11.3. The Bertz CT molecular complexity index is 965. The lowest BCUT2D eigenvalue weighted by atomic mass is 10.1. The normalized spacial score (nSPS) is 10.1. The van der Waals surface area contributed by atoms with Crippen LogP contribution in [0.25, 0.3) is 0 Å². The summed E-state index contributed by atoms with van der Waals surface area (Å²) in [4.78, 5) is 19.7. The van der Waals surface area contributed by atoms with Crippen molar-refractivity contribution >= 4 is 5.78 Å². The maximum Gasteiger partial charge on any atom is 0.219 e. The average Bonchev–Trinajstić information content (AvgIpc) is 2.89. The summed E-state index contributed by atoms with van der Waals surface area (Å²) in [6.07, 6.45) is 5.85. The van der Waals surface area contributed by atoms with Crippen molar-refractivity contribution in [3.8, 4) is 17.4 Å². The van der Waals surface area contributed by atoms with Gasteiger partial charge in [-0.1, -0.05) is 51.8 Å². The minimum absolute atomic E-state index is 0.0469. The zero-order valence-electron chi connectivity index (χ0n) is 23.4. The smallest absolute Gasteiger partial charge is 0.219 e. The molecule has 0 aliphatic heterocycles. The van der Waals surface area contributed by atoms with Crippen LogP contribution in [-0.2, 0) is 4.79 Å². The van der Waals surface area contributed by atoms with Gasteiger partial charge in [-0.05, 0) is 82.5 Å². The zero-order valence-corrected chi connectivity index (χ0v) is 23.4. The number of aromatic nitrogens is 2. The highest BCUT2D eigenvalue weighted by atomic mass is 16.5. The fourth-order valence-electron chi connectivity index (χ4n) is 2.45. The van der Waals surface area contributed by atoms with Gasteiger partial charge in [0.2, 0.25) is 5.88 Å². The monoisotopic (exact) mass is 492 g/mol. The summed E-state index contributed by atoms with van der Waals surface area (Å²) in [5, 5.41) is 0. The second kappa shape index (κ2) is 19.8. The van der Waals surface area contributed by atoms with Gasteiger partial charge in [0, 0.05) is 24.2 Å². The third-order valence-electron chi connectivity index (χ3n) is 4.84. The van der Waals surface area contributed by atoms with E-state index >= 15 is 0 Å². The standard InChI is InChI=1S/C17H19NO3.C7H9N.C5H10.C2H6/c1-3-6-16(13(2)19)20-14-8-10-15(11-9-14)21-17-7-4-5-12-18-17;1-6-4-3-5-8-7(6)2;1-4-5(2)3;1-2/h4-5,7-12,16H,3,6H2,1-2H3;3-5H,1-2H3;2,4H2,1,3H3;1-2H3.